The molecular weight excluding hydrogens is 283 g/mol. The highest BCUT2D eigenvalue weighted by molar-refractivity contribution is 5.69. The van der Waals surface area contributed by atoms with Gasteiger partial charge in [0.1, 0.15) is 0 Å². The Labute approximate surface area is 119 Å². The summed E-state index contributed by atoms with van der Waals surface area (Å²) in [6.07, 6.45) is -3.53. The zero-order chi connectivity index (χ0) is 14.9. The van der Waals surface area contributed by atoms with Crippen LogP contribution in [0, 0.1) is 0 Å². The molecule has 7 heteroatoms. The number of nitrogens with one attached hydrogen (secondary N) is 1. The third kappa shape index (κ3) is 3.17. The van der Waals surface area contributed by atoms with E-state index in [1.165, 1.54) is 0 Å². The van der Waals surface area contributed by atoms with Gasteiger partial charge in [-0.3, -0.25) is 0 Å². The van der Waals surface area contributed by atoms with Crippen molar-refractivity contribution in [2.75, 3.05) is 11.9 Å². The standard InChI is InChI=1S/C14H14F3N3O/c15-14(16,17)7-6-12-19-13(21-20-12)10-3-1-5-11-9(10)4-2-8-18-11/h1,3,5,18H,2,4,6-8H2. The SMILES string of the molecule is FC(F)(F)CCc1noc(-c2cccc3c2CCCN3)n1. The van der Waals surface area contributed by atoms with Crippen LogP contribution in [0.2, 0.25) is 0 Å². The lowest BCUT2D eigenvalue weighted by atomic mass is 9.97. The molecule has 1 N–H and O–H groups in total. The summed E-state index contributed by atoms with van der Waals surface area (Å²) in [5.74, 6) is 0.372. The van der Waals surface area contributed by atoms with Crippen molar-refractivity contribution < 1.29 is 17.7 Å². The van der Waals surface area contributed by atoms with Crippen molar-refractivity contribution in [3.05, 3.63) is 29.6 Å². The van der Waals surface area contributed by atoms with Crippen LogP contribution >= 0.6 is 0 Å². The Hall–Kier alpha value is -2.05. The Bertz CT molecular complexity index is 637. The van der Waals surface area contributed by atoms with Crippen LogP contribution in [0.15, 0.2) is 22.7 Å². The smallest absolute Gasteiger partial charge is 0.385 e. The Morgan fingerprint density at radius 3 is 2.95 bits per heavy atom. The van der Waals surface area contributed by atoms with Gasteiger partial charge in [0.2, 0.25) is 0 Å². The average molecular weight is 297 g/mol. The second-order valence-electron chi connectivity index (χ2n) is 4.99. The minimum atomic E-state index is -4.21. The Balaban J connectivity index is 1.83. The molecule has 0 aliphatic carbocycles. The van der Waals surface area contributed by atoms with Crippen LogP contribution in [0.1, 0.15) is 24.2 Å². The number of halogens is 3. The number of rotatable bonds is 3. The molecule has 2 heterocycles. The van der Waals surface area contributed by atoms with Gasteiger partial charge in [0.05, 0.1) is 6.42 Å². The topological polar surface area (TPSA) is 51.0 Å². The van der Waals surface area contributed by atoms with Crippen LogP contribution in [-0.4, -0.2) is 22.9 Å². The molecule has 1 aliphatic heterocycles. The molecule has 3 rings (SSSR count). The molecule has 0 fully saturated rings. The minimum Gasteiger partial charge on any atom is -0.385 e. The number of hydrogen-bond donors (Lipinski definition) is 1. The van der Waals surface area contributed by atoms with E-state index in [0.29, 0.717) is 0 Å². The number of nitrogens with zero attached hydrogens (tertiary/aromatic N) is 2. The zero-order valence-electron chi connectivity index (χ0n) is 11.2. The van der Waals surface area contributed by atoms with Crippen molar-refractivity contribution in [2.24, 2.45) is 0 Å². The highest BCUT2D eigenvalue weighted by atomic mass is 19.4. The molecule has 0 unspecified atom stereocenters. The number of benzene rings is 1. The van der Waals surface area contributed by atoms with Gasteiger partial charge in [-0.25, -0.2) is 0 Å². The largest absolute Gasteiger partial charge is 0.389 e. The number of aromatic nitrogens is 2. The van der Waals surface area contributed by atoms with Crippen LogP contribution in [0.25, 0.3) is 11.5 Å². The summed E-state index contributed by atoms with van der Waals surface area (Å²) in [7, 11) is 0. The van der Waals surface area contributed by atoms with Gasteiger partial charge in [-0.2, -0.15) is 18.2 Å². The Morgan fingerprint density at radius 1 is 1.29 bits per heavy atom. The molecular formula is C14H14F3N3O. The van der Waals surface area contributed by atoms with Gasteiger partial charge in [0, 0.05) is 24.2 Å². The predicted octanol–water partition coefficient (Wildman–Crippen LogP) is 3.59. The maximum atomic E-state index is 12.2. The number of fused-ring (bicyclic) bond motifs is 1. The van der Waals surface area contributed by atoms with E-state index in [4.69, 9.17) is 4.52 Å². The van der Waals surface area contributed by atoms with Gasteiger partial charge in [-0.05, 0) is 30.5 Å². The van der Waals surface area contributed by atoms with E-state index in [0.717, 1.165) is 36.2 Å². The zero-order valence-corrected chi connectivity index (χ0v) is 11.2. The maximum Gasteiger partial charge on any atom is 0.389 e. The van der Waals surface area contributed by atoms with Crippen molar-refractivity contribution in [1.82, 2.24) is 10.1 Å². The summed E-state index contributed by atoms with van der Waals surface area (Å²) in [6.45, 7) is 0.914. The van der Waals surface area contributed by atoms with Gasteiger partial charge in [0.25, 0.3) is 5.89 Å². The summed E-state index contributed by atoms with van der Waals surface area (Å²) in [5, 5.41) is 6.92. The monoisotopic (exact) mass is 297 g/mol. The Morgan fingerprint density at radius 2 is 2.14 bits per heavy atom. The van der Waals surface area contributed by atoms with Gasteiger partial charge < -0.3 is 9.84 Å². The molecule has 112 valence electrons. The van der Waals surface area contributed by atoms with E-state index in [-0.39, 0.29) is 18.1 Å². The normalized spacial score (nSPS) is 14.6. The third-order valence-electron chi connectivity index (χ3n) is 3.43. The van der Waals surface area contributed by atoms with Crippen LogP contribution in [0.3, 0.4) is 0 Å². The second-order valence-corrected chi connectivity index (χ2v) is 4.99. The molecule has 0 radical (unpaired) electrons. The van der Waals surface area contributed by atoms with E-state index in [1.54, 1.807) is 0 Å². The van der Waals surface area contributed by atoms with Crippen LogP contribution in [0.5, 0.6) is 0 Å². The molecule has 0 atom stereocenters. The predicted molar refractivity (Wildman–Crippen MR) is 70.9 cm³/mol. The fourth-order valence-corrected chi connectivity index (χ4v) is 2.43. The molecule has 0 spiro atoms. The summed E-state index contributed by atoms with van der Waals surface area (Å²) in [5.41, 5.74) is 2.90. The molecule has 0 bridgehead atoms. The molecule has 21 heavy (non-hydrogen) atoms. The van der Waals surface area contributed by atoms with Gasteiger partial charge in [0.15, 0.2) is 5.82 Å². The van der Waals surface area contributed by atoms with Crippen molar-refractivity contribution >= 4 is 5.69 Å². The molecule has 1 aliphatic rings. The lowest BCUT2D eigenvalue weighted by Crippen LogP contribution is -2.12. The van der Waals surface area contributed by atoms with E-state index in [1.807, 2.05) is 18.2 Å². The highest BCUT2D eigenvalue weighted by Crippen LogP contribution is 2.32. The number of anilines is 1. The molecule has 1 aromatic heterocycles. The lowest BCUT2D eigenvalue weighted by Gasteiger charge is -2.19. The number of aryl methyl sites for hydroxylation is 1. The highest BCUT2D eigenvalue weighted by Gasteiger charge is 2.28. The molecule has 2 aromatic rings. The van der Waals surface area contributed by atoms with Crippen molar-refractivity contribution in [3.63, 3.8) is 0 Å². The van der Waals surface area contributed by atoms with E-state index in [9.17, 15) is 13.2 Å². The number of alkyl halides is 3. The first-order valence-corrected chi connectivity index (χ1v) is 6.78. The van der Waals surface area contributed by atoms with E-state index >= 15 is 0 Å². The van der Waals surface area contributed by atoms with E-state index < -0.39 is 12.6 Å². The quantitative estimate of drug-likeness (QED) is 0.940. The molecule has 0 saturated heterocycles. The number of hydrogen-bond acceptors (Lipinski definition) is 4. The van der Waals surface area contributed by atoms with E-state index in [2.05, 4.69) is 15.5 Å². The molecule has 0 saturated carbocycles. The van der Waals surface area contributed by atoms with Crippen molar-refractivity contribution in [3.8, 4) is 11.5 Å². The van der Waals surface area contributed by atoms with Crippen LogP contribution in [0.4, 0.5) is 18.9 Å². The van der Waals surface area contributed by atoms with Gasteiger partial charge in [-0.15, -0.1) is 0 Å². The fraction of sp³-hybridized carbons (Fsp3) is 0.429. The maximum absolute atomic E-state index is 12.2. The summed E-state index contributed by atoms with van der Waals surface area (Å²) in [4.78, 5) is 4.09. The summed E-state index contributed by atoms with van der Waals surface area (Å²) >= 11 is 0. The molecule has 1 aromatic carbocycles. The summed E-state index contributed by atoms with van der Waals surface area (Å²) in [6, 6.07) is 5.69. The van der Waals surface area contributed by atoms with Crippen LogP contribution in [-0.2, 0) is 12.8 Å². The van der Waals surface area contributed by atoms with Crippen LogP contribution < -0.4 is 5.32 Å². The minimum absolute atomic E-state index is 0.0868. The van der Waals surface area contributed by atoms with Gasteiger partial charge in [-0.1, -0.05) is 11.2 Å². The first kappa shape index (κ1) is 13.9. The third-order valence-corrected chi connectivity index (χ3v) is 3.43. The molecule has 0 amide bonds. The fourth-order valence-electron chi connectivity index (χ4n) is 2.43. The van der Waals surface area contributed by atoms with Crippen molar-refractivity contribution in [2.45, 2.75) is 31.9 Å². The Kier molecular flexibility index (Phi) is 3.57. The lowest BCUT2D eigenvalue weighted by molar-refractivity contribution is -0.134. The van der Waals surface area contributed by atoms with Gasteiger partial charge >= 0.3 is 6.18 Å². The second kappa shape index (κ2) is 5.38. The first-order valence-electron chi connectivity index (χ1n) is 6.78. The average Bonchev–Trinajstić information content (AvgIpc) is 2.92. The molecule has 4 nitrogen and oxygen atoms in total. The summed E-state index contributed by atoms with van der Waals surface area (Å²) < 4.78 is 41.7. The first-order chi connectivity index (χ1) is 10.0. The van der Waals surface area contributed by atoms with Crippen molar-refractivity contribution in [1.29, 1.82) is 0 Å².